The van der Waals surface area contributed by atoms with Gasteiger partial charge in [0, 0.05) is 31.6 Å². The van der Waals surface area contributed by atoms with Crippen LogP contribution in [0.5, 0.6) is 0 Å². The van der Waals surface area contributed by atoms with Crippen molar-refractivity contribution in [3.63, 3.8) is 0 Å². The van der Waals surface area contributed by atoms with Crippen LogP contribution in [-0.2, 0) is 11.3 Å². The van der Waals surface area contributed by atoms with E-state index in [0.29, 0.717) is 48.4 Å². The van der Waals surface area contributed by atoms with Crippen molar-refractivity contribution in [3.8, 4) is 0 Å². The van der Waals surface area contributed by atoms with Gasteiger partial charge >= 0.3 is 6.09 Å². The third kappa shape index (κ3) is 3.45. The molecule has 2 fully saturated rings. The maximum atomic E-state index is 12.5. The lowest BCUT2D eigenvalue weighted by molar-refractivity contribution is 0.0274. The van der Waals surface area contributed by atoms with E-state index in [1.807, 2.05) is 49.9 Å². The number of furan rings is 1. The normalized spacial score (nSPS) is 22.2. The zero-order valence-corrected chi connectivity index (χ0v) is 17.5. The summed E-state index contributed by atoms with van der Waals surface area (Å²) >= 11 is 0. The van der Waals surface area contributed by atoms with Crippen LogP contribution in [0.2, 0.25) is 0 Å². The van der Waals surface area contributed by atoms with E-state index in [2.05, 4.69) is 14.9 Å². The predicted octanol–water partition coefficient (Wildman–Crippen LogP) is 2.97. The zero-order valence-electron chi connectivity index (χ0n) is 17.5. The van der Waals surface area contributed by atoms with Crippen molar-refractivity contribution in [1.29, 1.82) is 0 Å². The first kappa shape index (κ1) is 19.1. The van der Waals surface area contributed by atoms with Crippen LogP contribution in [0.1, 0.15) is 26.6 Å². The van der Waals surface area contributed by atoms with Crippen LogP contribution in [0.15, 0.2) is 33.5 Å². The standard InChI is InChI=1S/C22H26N4O4/c1-22(2,3)30-21(28)26-10-13-8-25(9-14(13)11-26)12-17-23-18-15-6-4-5-7-16(15)29-19(18)20(27)24-17/h4-7,13-14H,8-12H2,1-3H3,(H,23,24,27)/t13-,14+. The SMILES string of the molecule is CC(C)(C)OC(=O)N1C[C@H]2CN(Cc3nc4c(oc5ccccc54)c(=O)[nH]3)C[C@H]2C1. The number of rotatable bonds is 2. The minimum atomic E-state index is -0.478. The Morgan fingerprint density at radius 3 is 2.60 bits per heavy atom. The van der Waals surface area contributed by atoms with Gasteiger partial charge in [-0.05, 0) is 44.7 Å². The molecule has 2 atom stereocenters. The van der Waals surface area contributed by atoms with Gasteiger partial charge in [0.15, 0.2) is 0 Å². The van der Waals surface area contributed by atoms with E-state index < -0.39 is 5.60 Å². The van der Waals surface area contributed by atoms with Crippen molar-refractivity contribution in [2.75, 3.05) is 26.2 Å². The summed E-state index contributed by atoms with van der Waals surface area (Å²) in [7, 11) is 0. The number of aromatic nitrogens is 2. The Bertz CT molecular complexity index is 1160. The van der Waals surface area contributed by atoms with E-state index in [9.17, 15) is 9.59 Å². The molecule has 1 amide bonds. The molecule has 1 N–H and O–H groups in total. The number of aromatic amines is 1. The summed E-state index contributed by atoms with van der Waals surface area (Å²) < 4.78 is 11.2. The van der Waals surface area contributed by atoms with Crippen molar-refractivity contribution in [1.82, 2.24) is 19.8 Å². The number of ether oxygens (including phenoxy) is 1. The highest BCUT2D eigenvalue weighted by molar-refractivity contribution is 6.01. The van der Waals surface area contributed by atoms with Gasteiger partial charge < -0.3 is 19.0 Å². The second-order valence-corrected chi connectivity index (χ2v) is 9.39. The van der Waals surface area contributed by atoms with Crippen LogP contribution < -0.4 is 5.56 Å². The lowest BCUT2D eigenvalue weighted by Crippen LogP contribution is -2.37. The minimum Gasteiger partial charge on any atom is -0.449 e. The largest absolute Gasteiger partial charge is 0.449 e. The maximum absolute atomic E-state index is 12.5. The zero-order chi connectivity index (χ0) is 21.0. The molecule has 2 aromatic heterocycles. The number of nitrogens with one attached hydrogen (secondary N) is 1. The van der Waals surface area contributed by atoms with Gasteiger partial charge in [-0.1, -0.05) is 12.1 Å². The van der Waals surface area contributed by atoms with E-state index in [1.54, 1.807) is 0 Å². The Kier molecular flexibility index (Phi) is 4.36. The molecule has 0 bridgehead atoms. The first-order valence-corrected chi connectivity index (χ1v) is 10.4. The molecule has 0 radical (unpaired) electrons. The smallest absolute Gasteiger partial charge is 0.410 e. The molecule has 0 saturated carbocycles. The number of likely N-dealkylation sites (tertiary alicyclic amines) is 2. The molecule has 3 aromatic rings. The molecule has 1 aromatic carbocycles. The third-order valence-electron chi connectivity index (χ3n) is 5.87. The molecule has 8 heteroatoms. The molecule has 2 aliphatic heterocycles. The topological polar surface area (TPSA) is 91.7 Å². The van der Waals surface area contributed by atoms with E-state index in [0.717, 1.165) is 18.5 Å². The number of fused-ring (bicyclic) bond motifs is 4. The summed E-state index contributed by atoms with van der Waals surface area (Å²) in [6, 6.07) is 7.55. The number of nitrogens with zero attached hydrogens (tertiary/aromatic N) is 3. The summed E-state index contributed by atoms with van der Waals surface area (Å²) in [5.41, 5.74) is 0.821. The van der Waals surface area contributed by atoms with E-state index in [-0.39, 0.29) is 17.2 Å². The van der Waals surface area contributed by atoms with Gasteiger partial charge in [0.05, 0.1) is 6.54 Å². The Morgan fingerprint density at radius 1 is 1.20 bits per heavy atom. The molecule has 30 heavy (non-hydrogen) atoms. The van der Waals surface area contributed by atoms with Crippen LogP contribution in [-0.4, -0.2) is 57.6 Å². The van der Waals surface area contributed by atoms with Gasteiger partial charge in [0.1, 0.15) is 22.5 Å². The lowest BCUT2D eigenvalue weighted by atomic mass is 10.0. The van der Waals surface area contributed by atoms with Crippen molar-refractivity contribution in [2.45, 2.75) is 32.9 Å². The number of H-pyrrole nitrogens is 1. The molecular formula is C22H26N4O4. The number of benzene rings is 1. The average Bonchev–Trinajstić information content (AvgIpc) is 3.32. The van der Waals surface area contributed by atoms with Crippen molar-refractivity contribution >= 4 is 28.2 Å². The molecular weight excluding hydrogens is 384 g/mol. The first-order chi connectivity index (χ1) is 14.3. The van der Waals surface area contributed by atoms with Gasteiger partial charge in [-0.15, -0.1) is 0 Å². The molecule has 0 unspecified atom stereocenters. The number of para-hydroxylation sites is 1. The molecule has 2 aliphatic rings. The van der Waals surface area contributed by atoms with Crippen molar-refractivity contribution in [2.24, 2.45) is 11.8 Å². The number of carbonyl (C=O) groups is 1. The summed E-state index contributed by atoms with van der Waals surface area (Å²) in [6.45, 7) is 9.41. The Hall–Kier alpha value is -2.87. The van der Waals surface area contributed by atoms with Crippen LogP contribution >= 0.6 is 0 Å². The highest BCUT2D eigenvalue weighted by atomic mass is 16.6. The van der Waals surface area contributed by atoms with E-state index >= 15 is 0 Å². The summed E-state index contributed by atoms with van der Waals surface area (Å²) in [4.78, 5) is 36.5. The molecule has 0 spiro atoms. The maximum Gasteiger partial charge on any atom is 0.410 e. The predicted molar refractivity (Wildman–Crippen MR) is 112 cm³/mol. The summed E-state index contributed by atoms with van der Waals surface area (Å²) in [5.74, 6) is 1.48. The van der Waals surface area contributed by atoms with Gasteiger partial charge in [-0.2, -0.15) is 0 Å². The first-order valence-electron chi connectivity index (χ1n) is 10.4. The van der Waals surface area contributed by atoms with Crippen LogP contribution in [0, 0.1) is 11.8 Å². The number of carbonyl (C=O) groups excluding carboxylic acids is 1. The minimum absolute atomic E-state index is 0.230. The van der Waals surface area contributed by atoms with Crippen molar-refractivity contribution in [3.05, 3.63) is 40.4 Å². The molecule has 0 aliphatic carbocycles. The monoisotopic (exact) mass is 410 g/mol. The summed E-state index contributed by atoms with van der Waals surface area (Å²) in [5, 5.41) is 0.853. The summed E-state index contributed by atoms with van der Waals surface area (Å²) in [6.07, 6.45) is -0.230. The molecule has 2 saturated heterocycles. The molecule has 8 nitrogen and oxygen atoms in total. The number of hydrogen-bond donors (Lipinski definition) is 1. The van der Waals surface area contributed by atoms with Crippen molar-refractivity contribution < 1.29 is 13.9 Å². The highest BCUT2D eigenvalue weighted by Crippen LogP contribution is 2.32. The molecule has 4 heterocycles. The lowest BCUT2D eigenvalue weighted by Gasteiger charge is -2.25. The van der Waals surface area contributed by atoms with Crippen LogP contribution in [0.3, 0.4) is 0 Å². The fourth-order valence-electron chi connectivity index (χ4n) is 4.63. The van der Waals surface area contributed by atoms with Gasteiger partial charge in [-0.3, -0.25) is 9.69 Å². The fourth-order valence-corrected chi connectivity index (χ4v) is 4.63. The quantitative estimate of drug-likeness (QED) is 0.698. The van der Waals surface area contributed by atoms with Gasteiger partial charge in [0.25, 0.3) is 5.56 Å². The number of hydrogen-bond acceptors (Lipinski definition) is 6. The Balaban J connectivity index is 1.29. The molecule has 158 valence electrons. The number of amides is 1. The van der Waals surface area contributed by atoms with Crippen LogP contribution in [0.4, 0.5) is 4.79 Å². The van der Waals surface area contributed by atoms with E-state index in [1.165, 1.54) is 0 Å². The average molecular weight is 410 g/mol. The van der Waals surface area contributed by atoms with Crippen LogP contribution in [0.25, 0.3) is 22.1 Å². The van der Waals surface area contributed by atoms with Gasteiger partial charge in [-0.25, -0.2) is 9.78 Å². The van der Waals surface area contributed by atoms with Gasteiger partial charge in [0.2, 0.25) is 5.58 Å². The highest BCUT2D eigenvalue weighted by Gasteiger charge is 2.42. The second-order valence-electron chi connectivity index (χ2n) is 9.39. The Morgan fingerprint density at radius 2 is 1.90 bits per heavy atom. The fraction of sp³-hybridized carbons (Fsp3) is 0.500. The van der Waals surface area contributed by atoms with E-state index in [4.69, 9.17) is 9.15 Å². The third-order valence-corrected chi connectivity index (χ3v) is 5.87. The second kappa shape index (κ2) is 6.84. The molecule has 5 rings (SSSR count). The Labute approximate surface area is 173 Å².